The number of amides is 1. The number of carboxylic acid groups (broad SMARTS) is 1. The van der Waals surface area contributed by atoms with E-state index >= 15 is 0 Å². The van der Waals surface area contributed by atoms with E-state index in [0.29, 0.717) is 12.8 Å². The first-order valence-corrected chi connectivity index (χ1v) is 5.91. The van der Waals surface area contributed by atoms with Gasteiger partial charge in [0.1, 0.15) is 5.82 Å². The van der Waals surface area contributed by atoms with Crippen LogP contribution in [-0.4, -0.2) is 22.5 Å². The van der Waals surface area contributed by atoms with Gasteiger partial charge in [0.05, 0.1) is 16.8 Å². The molecule has 19 heavy (non-hydrogen) atoms. The van der Waals surface area contributed by atoms with Crippen LogP contribution in [0.3, 0.4) is 0 Å². The second-order valence-electron chi connectivity index (χ2n) is 4.62. The molecule has 0 heterocycles. The van der Waals surface area contributed by atoms with Crippen LogP contribution in [0.1, 0.15) is 37.0 Å². The molecule has 0 saturated heterocycles. The minimum atomic E-state index is -1.19. The van der Waals surface area contributed by atoms with Gasteiger partial charge in [0.25, 0.3) is 0 Å². The number of hydrogen-bond donors (Lipinski definition) is 3. The average Bonchev–Trinajstić information content (AvgIpc) is 2.31. The van der Waals surface area contributed by atoms with Crippen molar-refractivity contribution in [3.63, 3.8) is 0 Å². The van der Waals surface area contributed by atoms with Gasteiger partial charge < -0.3 is 16.2 Å². The maximum atomic E-state index is 13.5. The van der Waals surface area contributed by atoms with E-state index in [4.69, 9.17) is 10.8 Å². The molecule has 1 aromatic rings. The maximum Gasteiger partial charge on any atom is 0.335 e. The molecule has 0 bridgehead atoms. The van der Waals surface area contributed by atoms with E-state index in [1.165, 1.54) is 0 Å². The standard InChI is InChI=1S/C13H17FN2O3/c1-3-6-13(2,15)12(19)16-10-7-8(11(17)18)4-5-9(10)14/h4-5,7H,3,6,15H2,1-2H3,(H,16,19)(H,17,18). The van der Waals surface area contributed by atoms with Crippen LogP contribution in [0.2, 0.25) is 0 Å². The van der Waals surface area contributed by atoms with Gasteiger partial charge in [0.15, 0.2) is 0 Å². The lowest BCUT2D eigenvalue weighted by Crippen LogP contribution is -2.48. The summed E-state index contributed by atoms with van der Waals surface area (Å²) < 4.78 is 13.5. The first-order valence-electron chi connectivity index (χ1n) is 5.91. The molecule has 0 aliphatic heterocycles. The number of benzene rings is 1. The fraction of sp³-hybridized carbons (Fsp3) is 0.385. The van der Waals surface area contributed by atoms with E-state index < -0.39 is 23.2 Å². The van der Waals surface area contributed by atoms with Crippen LogP contribution in [0.4, 0.5) is 10.1 Å². The Balaban J connectivity index is 2.96. The Morgan fingerprint density at radius 1 is 1.47 bits per heavy atom. The molecule has 0 fully saturated rings. The summed E-state index contributed by atoms with van der Waals surface area (Å²) in [5, 5.41) is 11.1. The van der Waals surface area contributed by atoms with Crippen LogP contribution in [0.15, 0.2) is 18.2 Å². The molecule has 0 aliphatic carbocycles. The highest BCUT2D eigenvalue weighted by atomic mass is 19.1. The quantitative estimate of drug-likeness (QED) is 0.761. The van der Waals surface area contributed by atoms with Crippen LogP contribution in [0.5, 0.6) is 0 Å². The third kappa shape index (κ3) is 3.75. The fourth-order valence-electron chi connectivity index (χ4n) is 1.65. The van der Waals surface area contributed by atoms with Gasteiger partial charge in [-0.1, -0.05) is 13.3 Å². The lowest BCUT2D eigenvalue weighted by molar-refractivity contribution is -0.120. The highest BCUT2D eigenvalue weighted by molar-refractivity contribution is 5.99. The fourth-order valence-corrected chi connectivity index (χ4v) is 1.65. The van der Waals surface area contributed by atoms with Crippen molar-refractivity contribution in [1.82, 2.24) is 0 Å². The number of rotatable bonds is 5. The second-order valence-corrected chi connectivity index (χ2v) is 4.62. The maximum absolute atomic E-state index is 13.5. The summed E-state index contributed by atoms with van der Waals surface area (Å²) in [5.41, 5.74) is 4.40. The molecular weight excluding hydrogens is 251 g/mol. The summed E-state index contributed by atoms with van der Waals surface area (Å²) in [5.74, 6) is -2.44. The van der Waals surface area contributed by atoms with Crippen LogP contribution >= 0.6 is 0 Å². The molecule has 1 atom stereocenters. The highest BCUT2D eigenvalue weighted by Crippen LogP contribution is 2.19. The van der Waals surface area contributed by atoms with Crippen LogP contribution in [0, 0.1) is 5.82 Å². The molecular formula is C13H17FN2O3. The molecule has 1 amide bonds. The predicted octanol–water partition coefficient (Wildman–Crippen LogP) is 1.98. The van der Waals surface area contributed by atoms with Crippen molar-refractivity contribution in [2.45, 2.75) is 32.2 Å². The van der Waals surface area contributed by atoms with E-state index in [1.54, 1.807) is 6.92 Å². The topological polar surface area (TPSA) is 92.4 Å². The van der Waals surface area contributed by atoms with Gasteiger partial charge in [-0.05, 0) is 31.5 Å². The van der Waals surface area contributed by atoms with E-state index in [-0.39, 0.29) is 11.3 Å². The molecule has 1 rings (SSSR count). The van der Waals surface area contributed by atoms with Gasteiger partial charge in [-0.2, -0.15) is 0 Å². The van der Waals surface area contributed by atoms with Gasteiger partial charge >= 0.3 is 5.97 Å². The van der Waals surface area contributed by atoms with E-state index in [1.807, 2.05) is 6.92 Å². The number of halogens is 1. The normalized spacial score (nSPS) is 13.7. The summed E-state index contributed by atoms with van der Waals surface area (Å²) in [4.78, 5) is 22.7. The Labute approximate surface area is 110 Å². The molecule has 5 nitrogen and oxygen atoms in total. The summed E-state index contributed by atoms with van der Waals surface area (Å²) in [7, 11) is 0. The van der Waals surface area contributed by atoms with Crippen LogP contribution in [0.25, 0.3) is 0 Å². The molecule has 0 spiro atoms. The van der Waals surface area contributed by atoms with Crippen molar-refractivity contribution in [3.05, 3.63) is 29.6 Å². The smallest absolute Gasteiger partial charge is 0.335 e. The van der Waals surface area contributed by atoms with E-state index in [9.17, 15) is 14.0 Å². The molecule has 1 aromatic carbocycles. The Hall–Kier alpha value is -1.95. The zero-order valence-electron chi connectivity index (χ0n) is 10.9. The zero-order chi connectivity index (χ0) is 14.6. The van der Waals surface area contributed by atoms with E-state index in [2.05, 4.69) is 5.32 Å². The minimum absolute atomic E-state index is 0.106. The average molecular weight is 268 g/mol. The predicted molar refractivity (Wildman–Crippen MR) is 69.5 cm³/mol. The molecule has 1 unspecified atom stereocenters. The molecule has 6 heteroatoms. The van der Waals surface area contributed by atoms with E-state index in [0.717, 1.165) is 18.2 Å². The molecule has 0 saturated carbocycles. The number of nitrogens with one attached hydrogen (secondary N) is 1. The minimum Gasteiger partial charge on any atom is -0.478 e. The molecule has 4 N–H and O–H groups in total. The number of anilines is 1. The van der Waals surface area contributed by atoms with Gasteiger partial charge in [-0.15, -0.1) is 0 Å². The Kier molecular flexibility index (Phi) is 4.61. The lowest BCUT2D eigenvalue weighted by Gasteiger charge is -2.23. The zero-order valence-corrected chi connectivity index (χ0v) is 10.9. The summed E-state index contributed by atoms with van der Waals surface area (Å²) in [6, 6.07) is 3.19. The van der Waals surface area contributed by atoms with Crippen LogP contribution < -0.4 is 11.1 Å². The van der Waals surface area contributed by atoms with Gasteiger partial charge in [0, 0.05) is 0 Å². The molecule has 104 valence electrons. The van der Waals surface area contributed by atoms with Gasteiger partial charge in [0.2, 0.25) is 5.91 Å². The summed E-state index contributed by atoms with van der Waals surface area (Å²) in [6.45, 7) is 3.43. The third-order valence-corrected chi connectivity index (χ3v) is 2.75. The first-order chi connectivity index (χ1) is 8.77. The first kappa shape index (κ1) is 15.1. The number of nitrogens with two attached hydrogens (primary N) is 1. The molecule has 0 aromatic heterocycles. The Morgan fingerprint density at radius 2 is 2.11 bits per heavy atom. The van der Waals surface area contributed by atoms with Crippen molar-refractivity contribution < 1.29 is 19.1 Å². The third-order valence-electron chi connectivity index (χ3n) is 2.75. The second kappa shape index (κ2) is 5.79. The van der Waals surface area contributed by atoms with Crippen molar-refractivity contribution in [2.24, 2.45) is 5.73 Å². The van der Waals surface area contributed by atoms with Crippen molar-refractivity contribution in [1.29, 1.82) is 0 Å². The Morgan fingerprint density at radius 3 is 2.63 bits per heavy atom. The highest BCUT2D eigenvalue weighted by Gasteiger charge is 2.28. The largest absolute Gasteiger partial charge is 0.478 e. The summed E-state index contributed by atoms with van der Waals surface area (Å²) >= 11 is 0. The molecule has 0 radical (unpaired) electrons. The van der Waals surface area contributed by atoms with Crippen molar-refractivity contribution in [3.8, 4) is 0 Å². The monoisotopic (exact) mass is 268 g/mol. The van der Waals surface area contributed by atoms with Crippen LogP contribution in [-0.2, 0) is 4.79 Å². The van der Waals surface area contributed by atoms with Gasteiger partial charge in [-0.3, -0.25) is 4.79 Å². The number of carbonyl (C=O) groups excluding carboxylic acids is 1. The summed E-state index contributed by atoms with van der Waals surface area (Å²) in [6.07, 6.45) is 1.15. The van der Waals surface area contributed by atoms with Crippen molar-refractivity contribution >= 4 is 17.6 Å². The van der Waals surface area contributed by atoms with Gasteiger partial charge in [-0.25, -0.2) is 9.18 Å². The number of aromatic carboxylic acids is 1. The SMILES string of the molecule is CCCC(C)(N)C(=O)Nc1cc(C(=O)O)ccc1F. The lowest BCUT2D eigenvalue weighted by atomic mass is 9.96. The number of carboxylic acids is 1. The molecule has 0 aliphatic rings. The number of hydrogen-bond acceptors (Lipinski definition) is 3. The Bertz CT molecular complexity index is 501. The number of carbonyl (C=O) groups is 2. The van der Waals surface area contributed by atoms with Crippen molar-refractivity contribution in [2.75, 3.05) is 5.32 Å².